The fraction of sp³-hybridized carbons (Fsp3) is 0.316. The molecule has 1 fully saturated rings. The summed E-state index contributed by atoms with van der Waals surface area (Å²) in [6, 6.07) is 14.1. The molecule has 0 spiro atoms. The largest absolute Gasteiger partial charge is 0.341 e. The first-order chi connectivity index (χ1) is 11.6. The molecule has 0 aliphatic carbocycles. The van der Waals surface area contributed by atoms with Crippen molar-refractivity contribution in [3.05, 3.63) is 70.6 Å². The number of likely N-dealkylation sites (tertiary alicyclic amines) is 1. The molecule has 124 valence electrons. The third kappa shape index (κ3) is 3.62. The van der Waals surface area contributed by atoms with Crippen LogP contribution in [0.3, 0.4) is 0 Å². The highest BCUT2D eigenvalue weighted by atomic mass is 16.2. The van der Waals surface area contributed by atoms with Gasteiger partial charge >= 0.3 is 0 Å². The van der Waals surface area contributed by atoms with E-state index in [0.717, 1.165) is 5.56 Å². The van der Waals surface area contributed by atoms with Crippen molar-refractivity contribution in [2.24, 2.45) is 5.92 Å². The van der Waals surface area contributed by atoms with Gasteiger partial charge in [0, 0.05) is 36.8 Å². The third-order valence-corrected chi connectivity index (χ3v) is 4.48. The molecule has 1 aliphatic rings. The molecule has 1 saturated heterocycles. The minimum absolute atomic E-state index is 0.0316. The number of hydrogen-bond acceptors (Lipinski definition) is 3. The van der Waals surface area contributed by atoms with Gasteiger partial charge in [-0.15, -0.1) is 0 Å². The van der Waals surface area contributed by atoms with Gasteiger partial charge in [0.2, 0.25) is 5.91 Å². The minimum Gasteiger partial charge on any atom is -0.341 e. The second-order valence-electron chi connectivity index (χ2n) is 6.05. The Morgan fingerprint density at radius 1 is 0.958 bits per heavy atom. The summed E-state index contributed by atoms with van der Waals surface area (Å²) in [5.74, 6) is 0.0479. The van der Waals surface area contributed by atoms with Crippen LogP contribution >= 0.6 is 0 Å². The highest BCUT2D eigenvalue weighted by Gasteiger charge is 2.27. The molecule has 0 unspecified atom stereocenters. The average Bonchev–Trinajstić information content (AvgIpc) is 2.64. The van der Waals surface area contributed by atoms with E-state index in [1.54, 1.807) is 23.2 Å². The molecule has 1 aromatic heterocycles. The number of Topliss-reactive ketones (excluding diaryl/α,β-unsaturated/α-hetero) is 1. The highest BCUT2D eigenvalue weighted by molar-refractivity contribution is 5.98. The summed E-state index contributed by atoms with van der Waals surface area (Å²) in [5, 5.41) is 0. The van der Waals surface area contributed by atoms with E-state index in [0.29, 0.717) is 25.9 Å². The smallest absolute Gasteiger partial charge is 0.250 e. The Bertz CT molecular complexity index is 774. The maximum atomic E-state index is 12.5. The first kappa shape index (κ1) is 16.2. The highest BCUT2D eigenvalue weighted by Crippen LogP contribution is 2.22. The van der Waals surface area contributed by atoms with Gasteiger partial charge in [-0.3, -0.25) is 14.4 Å². The average molecular weight is 324 g/mol. The van der Waals surface area contributed by atoms with Crippen molar-refractivity contribution in [2.75, 3.05) is 13.1 Å². The van der Waals surface area contributed by atoms with Crippen molar-refractivity contribution >= 4 is 11.7 Å². The fourth-order valence-electron chi connectivity index (χ4n) is 3.07. The summed E-state index contributed by atoms with van der Waals surface area (Å²) in [6.45, 7) is 1.17. The molecule has 5 heteroatoms. The molecule has 3 rings (SSSR count). The lowest BCUT2D eigenvalue weighted by Gasteiger charge is -2.31. The molecule has 5 nitrogen and oxygen atoms in total. The van der Waals surface area contributed by atoms with Crippen LogP contribution in [0.1, 0.15) is 23.2 Å². The zero-order valence-corrected chi connectivity index (χ0v) is 13.4. The van der Waals surface area contributed by atoms with E-state index >= 15 is 0 Å². The van der Waals surface area contributed by atoms with E-state index in [1.165, 1.54) is 10.6 Å². The van der Waals surface area contributed by atoms with Crippen LogP contribution in [0.5, 0.6) is 0 Å². The molecule has 1 aliphatic heterocycles. The van der Waals surface area contributed by atoms with Crippen molar-refractivity contribution < 1.29 is 9.59 Å². The predicted molar refractivity (Wildman–Crippen MR) is 90.8 cm³/mol. The molecule has 0 N–H and O–H groups in total. The lowest BCUT2D eigenvalue weighted by molar-refractivity contribution is -0.133. The second kappa shape index (κ2) is 7.25. The SMILES string of the molecule is O=C(c1ccccc1)C1CCN(C(=O)Cn2ccccc2=O)CC1. The lowest BCUT2D eigenvalue weighted by Crippen LogP contribution is -2.42. The van der Waals surface area contributed by atoms with Crippen molar-refractivity contribution in [1.82, 2.24) is 9.47 Å². The zero-order valence-electron chi connectivity index (χ0n) is 13.4. The van der Waals surface area contributed by atoms with Gasteiger partial charge in [-0.05, 0) is 18.9 Å². The van der Waals surface area contributed by atoms with Gasteiger partial charge in [-0.1, -0.05) is 36.4 Å². The Morgan fingerprint density at radius 3 is 2.29 bits per heavy atom. The van der Waals surface area contributed by atoms with E-state index in [-0.39, 0.29) is 29.7 Å². The van der Waals surface area contributed by atoms with Crippen molar-refractivity contribution in [2.45, 2.75) is 19.4 Å². The number of benzene rings is 1. The maximum absolute atomic E-state index is 12.5. The summed E-state index contributed by atoms with van der Waals surface area (Å²) in [6.07, 6.45) is 2.96. The summed E-state index contributed by atoms with van der Waals surface area (Å²) in [7, 11) is 0. The summed E-state index contributed by atoms with van der Waals surface area (Å²) >= 11 is 0. The molecule has 1 aromatic carbocycles. The van der Waals surface area contributed by atoms with Crippen molar-refractivity contribution in [1.29, 1.82) is 0 Å². The van der Waals surface area contributed by atoms with Gasteiger partial charge in [0.1, 0.15) is 6.54 Å². The van der Waals surface area contributed by atoms with E-state index in [1.807, 2.05) is 30.3 Å². The number of hydrogen-bond donors (Lipinski definition) is 0. The number of carbonyl (C=O) groups excluding carboxylic acids is 2. The van der Waals surface area contributed by atoms with E-state index in [9.17, 15) is 14.4 Å². The van der Waals surface area contributed by atoms with Crippen LogP contribution in [-0.2, 0) is 11.3 Å². The van der Waals surface area contributed by atoms with E-state index < -0.39 is 0 Å². The zero-order chi connectivity index (χ0) is 16.9. The van der Waals surface area contributed by atoms with E-state index in [4.69, 9.17) is 0 Å². The number of amides is 1. The third-order valence-electron chi connectivity index (χ3n) is 4.48. The Labute approximate surface area is 140 Å². The maximum Gasteiger partial charge on any atom is 0.250 e. The Balaban J connectivity index is 1.57. The number of rotatable bonds is 4. The first-order valence-electron chi connectivity index (χ1n) is 8.17. The van der Waals surface area contributed by atoms with Crippen LogP contribution in [0.2, 0.25) is 0 Å². The summed E-state index contributed by atoms with van der Waals surface area (Å²) in [5.41, 5.74) is 0.554. The van der Waals surface area contributed by atoms with E-state index in [2.05, 4.69) is 0 Å². The molecule has 0 bridgehead atoms. The summed E-state index contributed by atoms with van der Waals surface area (Å²) < 4.78 is 1.41. The van der Waals surface area contributed by atoms with Crippen LogP contribution in [0.4, 0.5) is 0 Å². The van der Waals surface area contributed by atoms with Gasteiger partial charge in [-0.25, -0.2) is 0 Å². The number of ketones is 1. The van der Waals surface area contributed by atoms with Crippen molar-refractivity contribution in [3.8, 4) is 0 Å². The molecule has 0 atom stereocenters. The Kier molecular flexibility index (Phi) is 4.89. The number of piperidine rings is 1. The molecule has 0 radical (unpaired) electrons. The van der Waals surface area contributed by atoms with Gasteiger partial charge in [-0.2, -0.15) is 0 Å². The lowest BCUT2D eigenvalue weighted by atomic mass is 9.89. The van der Waals surface area contributed by atoms with Crippen LogP contribution in [-0.4, -0.2) is 34.2 Å². The number of pyridine rings is 1. The van der Waals surface area contributed by atoms with Crippen molar-refractivity contribution in [3.63, 3.8) is 0 Å². The molecule has 2 aromatic rings. The Morgan fingerprint density at radius 2 is 1.62 bits per heavy atom. The monoisotopic (exact) mass is 324 g/mol. The number of aromatic nitrogens is 1. The topological polar surface area (TPSA) is 59.4 Å². The second-order valence-corrected chi connectivity index (χ2v) is 6.05. The molecule has 0 saturated carbocycles. The number of nitrogens with zero attached hydrogens (tertiary/aromatic N) is 2. The van der Waals surface area contributed by atoms with Crippen LogP contribution in [0, 0.1) is 5.92 Å². The van der Waals surface area contributed by atoms with Gasteiger partial charge in [0.05, 0.1) is 0 Å². The van der Waals surface area contributed by atoms with Gasteiger partial charge < -0.3 is 9.47 Å². The van der Waals surface area contributed by atoms with Gasteiger partial charge in [0.15, 0.2) is 5.78 Å². The quantitative estimate of drug-likeness (QED) is 0.808. The van der Waals surface area contributed by atoms with Crippen LogP contribution < -0.4 is 5.56 Å². The first-order valence-corrected chi connectivity index (χ1v) is 8.17. The molecular weight excluding hydrogens is 304 g/mol. The molecule has 24 heavy (non-hydrogen) atoms. The molecular formula is C19H20N2O3. The molecule has 1 amide bonds. The summed E-state index contributed by atoms with van der Waals surface area (Å²) in [4.78, 5) is 38.2. The number of carbonyl (C=O) groups is 2. The van der Waals surface area contributed by atoms with Crippen LogP contribution in [0.15, 0.2) is 59.5 Å². The Hall–Kier alpha value is -2.69. The molecule has 2 heterocycles. The van der Waals surface area contributed by atoms with Gasteiger partial charge in [0.25, 0.3) is 5.56 Å². The standard InChI is InChI=1S/C19H20N2O3/c22-17-8-4-5-11-21(17)14-18(23)20-12-9-16(10-13-20)19(24)15-6-2-1-3-7-15/h1-8,11,16H,9-10,12-14H2. The predicted octanol–water partition coefficient (Wildman–Crippen LogP) is 1.97. The minimum atomic E-state index is -0.181. The fourth-order valence-corrected chi connectivity index (χ4v) is 3.07. The normalized spacial score (nSPS) is 15.2. The van der Waals surface area contributed by atoms with Crippen LogP contribution in [0.25, 0.3) is 0 Å².